The lowest BCUT2D eigenvalue weighted by Crippen LogP contribution is -2.36. The van der Waals surface area contributed by atoms with Gasteiger partial charge in [-0.15, -0.1) is 11.3 Å². The van der Waals surface area contributed by atoms with Crippen molar-refractivity contribution < 1.29 is 14.2 Å². The number of ether oxygens (including phenoxy) is 1. The van der Waals surface area contributed by atoms with Gasteiger partial charge in [-0.2, -0.15) is 0 Å². The molecule has 0 saturated carbocycles. The van der Waals surface area contributed by atoms with Crippen molar-refractivity contribution in [3.63, 3.8) is 0 Å². The standard InChI is InChI=1S/C23H27FN4O2S/c24-16-5-3-4-15(12-16)18(29)13-25-22-21-17-6-1-2-7-19(17)31-23(21)27-20(26-22)14-28-8-10-30-11-9-28/h3-5,12,18,29H,1-2,6-11,13-14H2,(H,25,26,27). The number of benzene rings is 1. The summed E-state index contributed by atoms with van der Waals surface area (Å²) in [5.74, 6) is 1.22. The van der Waals surface area contributed by atoms with E-state index in [1.807, 2.05) is 0 Å². The molecule has 1 atom stereocenters. The molecule has 31 heavy (non-hydrogen) atoms. The zero-order valence-electron chi connectivity index (χ0n) is 17.4. The molecule has 1 unspecified atom stereocenters. The van der Waals surface area contributed by atoms with Crippen LogP contribution in [0.15, 0.2) is 24.3 Å². The van der Waals surface area contributed by atoms with E-state index in [-0.39, 0.29) is 12.4 Å². The minimum atomic E-state index is -0.821. The van der Waals surface area contributed by atoms with Crippen LogP contribution in [0.2, 0.25) is 0 Å². The number of nitrogens with zero attached hydrogens (tertiary/aromatic N) is 3. The Morgan fingerprint density at radius 2 is 2.03 bits per heavy atom. The predicted molar refractivity (Wildman–Crippen MR) is 120 cm³/mol. The minimum Gasteiger partial charge on any atom is -0.387 e. The predicted octanol–water partition coefficient (Wildman–Crippen LogP) is 3.69. The Morgan fingerprint density at radius 3 is 2.87 bits per heavy atom. The molecule has 3 aromatic rings. The summed E-state index contributed by atoms with van der Waals surface area (Å²) in [6, 6.07) is 6.11. The van der Waals surface area contributed by atoms with Gasteiger partial charge in [-0.3, -0.25) is 4.90 Å². The molecule has 2 aliphatic rings. The summed E-state index contributed by atoms with van der Waals surface area (Å²) in [7, 11) is 0. The normalized spacial score (nSPS) is 18.1. The molecular formula is C23H27FN4O2S. The van der Waals surface area contributed by atoms with Crippen LogP contribution in [0.5, 0.6) is 0 Å². The number of nitrogens with one attached hydrogen (secondary N) is 1. The lowest BCUT2D eigenvalue weighted by atomic mass is 9.97. The summed E-state index contributed by atoms with van der Waals surface area (Å²) in [6.45, 7) is 4.17. The number of aryl methyl sites for hydroxylation is 2. The molecule has 5 rings (SSSR count). The summed E-state index contributed by atoms with van der Waals surface area (Å²) in [5.41, 5.74) is 1.91. The van der Waals surface area contributed by atoms with Crippen molar-refractivity contribution in [3.05, 3.63) is 51.9 Å². The van der Waals surface area contributed by atoms with Gasteiger partial charge in [-0.05, 0) is 48.9 Å². The second-order valence-electron chi connectivity index (χ2n) is 8.22. The molecule has 2 N–H and O–H groups in total. The second-order valence-corrected chi connectivity index (χ2v) is 9.30. The first-order valence-corrected chi connectivity index (χ1v) is 11.8. The summed E-state index contributed by atoms with van der Waals surface area (Å²) >= 11 is 1.78. The third kappa shape index (κ3) is 4.57. The Bertz CT molecular complexity index is 1070. The molecule has 6 nitrogen and oxygen atoms in total. The van der Waals surface area contributed by atoms with Crippen LogP contribution in [0.1, 0.15) is 40.8 Å². The van der Waals surface area contributed by atoms with E-state index >= 15 is 0 Å². The number of hydrogen-bond donors (Lipinski definition) is 2. The van der Waals surface area contributed by atoms with Crippen LogP contribution in [-0.2, 0) is 24.1 Å². The third-order valence-corrected chi connectivity index (χ3v) is 7.21. The summed E-state index contributed by atoms with van der Waals surface area (Å²) in [4.78, 5) is 14.5. The van der Waals surface area contributed by atoms with Gasteiger partial charge in [0.15, 0.2) is 0 Å². The average Bonchev–Trinajstić information content (AvgIpc) is 3.16. The molecule has 1 saturated heterocycles. The Morgan fingerprint density at radius 1 is 1.19 bits per heavy atom. The zero-order valence-corrected chi connectivity index (χ0v) is 18.3. The van der Waals surface area contributed by atoms with Crippen molar-refractivity contribution >= 4 is 27.4 Å². The van der Waals surface area contributed by atoms with Crippen LogP contribution in [0, 0.1) is 5.82 Å². The molecule has 1 aliphatic carbocycles. The van der Waals surface area contributed by atoms with Gasteiger partial charge in [0.2, 0.25) is 0 Å². The molecule has 3 heterocycles. The van der Waals surface area contributed by atoms with Crippen LogP contribution in [-0.4, -0.2) is 52.8 Å². The summed E-state index contributed by atoms with van der Waals surface area (Å²) < 4.78 is 19.0. The molecule has 0 bridgehead atoms. The van der Waals surface area contributed by atoms with E-state index < -0.39 is 6.10 Å². The van der Waals surface area contributed by atoms with Crippen molar-refractivity contribution in [2.24, 2.45) is 0 Å². The van der Waals surface area contributed by atoms with E-state index in [9.17, 15) is 9.50 Å². The van der Waals surface area contributed by atoms with Crippen LogP contribution < -0.4 is 5.32 Å². The smallest absolute Gasteiger partial charge is 0.146 e. The SMILES string of the molecule is OC(CNc1nc(CN2CCOCC2)nc2sc3c(c12)CCCC3)c1cccc(F)c1. The highest BCUT2D eigenvalue weighted by Gasteiger charge is 2.22. The highest BCUT2D eigenvalue weighted by atomic mass is 32.1. The maximum Gasteiger partial charge on any atom is 0.146 e. The second kappa shape index (κ2) is 9.16. The summed E-state index contributed by atoms with van der Waals surface area (Å²) in [5, 5.41) is 15.1. The van der Waals surface area contributed by atoms with Gasteiger partial charge in [0.25, 0.3) is 0 Å². The molecule has 2 aromatic heterocycles. The van der Waals surface area contributed by atoms with E-state index in [4.69, 9.17) is 14.7 Å². The van der Waals surface area contributed by atoms with Crippen molar-refractivity contribution in [3.8, 4) is 0 Å². The minimum absolute atomic E-state index is 0.261. The molecule has 1 aliphatic heterocycles. The maximum atomic E-state index is 13.6. The first kappa shape index (κ1) is 20.8. The fourth-order valence-corrected chi connectivity index (χ4v) is 5.66. The van der Waals surface area contributed by atoms with Crippen molar-refractivity contribution in [2.75, 3.05) is 38.2 Å². The number of aromatic nitrogens is 2. The molecule has 1 aromatic carbocycles. The van der Waals surface area contributed by atoms with Gasteiger partial charge in [-0.1, -0.05) is 12.1 Å². The first-order valence-electron chi connectivity index (χ1n) is 11.0. The van der Waals surface area contributed by atoms with Gasteiger partial charge < -0.3 is 15.2 Å². The first-order chi connectivity index (χ1) is 15.2. The quantitative estimate of drug-likeness (QED) is 0.607. The fraction of sp³-hybridized carbons (Fsp3) is 0.478. The zero-order chi connectivity index (χ0) is 21.2. The highest BCUT2D eigenvalue weighted by molar-refractivity contribution is 7.19. The van der Waals surface area contributed by atoms with Gasteiger partial charge in [0.05, 0.1) is 31.2 Å². The van der Waals surface area contributed by atoms with E-state index in [1.165, 1.54) is 35.4 Å². The monoisotopic (exact) mass is 442 g/mol. The largest absolute Gasteiger partial charge is 0.387 e. The molecule has 0 amide bonds. The number of fused-ring (bicyclic) bond motifs is 3. The Labute approximate surface area is 185 Å². The summed E-state index contributed by atoms with van der Waals surface area (Å²) in [6.07, 6.45) is 3.72. The van der Waals surface area contributed by atoms with E-state index in [2.05, 4.69) is 10.2 Å². The Balaban J connectivity index is 1.44. The van der Waals surface area contributed by atoms with Gasteiger partial charge in [0.1, 0.15) is 22.3 Å². The number of halogens is 1. The van der Waals surface area contributed by atoms with E-state index in [0.717, 1.165) is 61.0 Å². The maximum absolute atomic E-state index is 13.6. The van der Waals surface area contributed by atoms with Gasteiger partial charge >= 0.3 is 0 Å². The van der Waals surface area contributed by atoms with Gasteiger partial charge in [-0.25, -0.2) is 14.4 Å². The Kier molecular flexibility index (Phi) is 6.13. The van der Waals surface area contributed by atoms with E-state index in [0.29, 0.717) is 12.1 Å². The molecule has 1 fully saturated rings. The third-order valence-electron chi connectivity index (χ3n) is 6.03. The molecule has 0 radical (unpaired) electrons. The number of hydrogen-bond acceptors (Lipinski definition) is 7. The number of anilines is 1. The fourth-order valence-electron chi connectivity index (χ4n) is 4.38. The van der Waals surface area contributed by atoms with Crippen LogP contribution >= 0.6 is 11.3 Å². The molecule has 0 spiro atoms. The number of morpholine rings is 1. The van der Waals surface area contributed by atoms with Crippen molar-refractivity contribution in [1.29, 1.82) is 0 Å². The Hall–Kier alpha value is -2.13. The molecule has 164 valence electrons. The number of aliphatic hydroxyl groups excluding tert-OH is 1. The number of aliphatic hydroxyl groups is 1. The molecule has 8 heteroatoms. The number of thiophene rings is 1. The number of rotatable bonds is 6. The van der Waals surface area contributed by atoms with Crippen LogP contribution in [0.3, 0.4) is 0 Å². The highest BCUT2D eigenvalue weighted by Crippen LogP contribution is 2.39. The molecular weight excluding hydrogens is 415 g/mol. The topological polar surface area (TPSA) is 70.5 Å². The van der Waals surface area contributed by atoms with Crippen LogP contribution in [0.4, 0.5) is 10.2 Å². The van der Waals surface area contributed by atoms with Gasteiger partial charge in [0, 0.05) is 24.5 Å². The van der Waals surface area contributed by atoms with E-state index in [1.54, 1.807) is 23.5 Å². The van der Waals surface area contributed by atoms with Crippen LogP contribution in [0.25, 0.3) is 10.2 Å². The van der Waals surface area contributed by atoms with Crippen molar-refractivity contribution in [1.82, 2.24) is 14.9 Å². The van der Waals surface area contributed by atoms with Crippen molar-refractivity contribution in [2.45, 2.75) is 38.3 Å². The average molecular weight is 443 g/mol. The lowest BCUT2D eigenvalue weighted by Gasteiger charge is -2.26. The lowest BCUT2D eigenvalue weighted by molar-refractivity contribution is 0.0331.